The first kappa shape index (κ1) is 22.4. The molecule has 1 aliphatic heterocycles. The lowest BCUT2D eigenvalue weighted by molar-refractivity contribution is -0.384. The Morgan fingerprint density at radius 3 is 2.55 bits per heavy atom. The van der Waals surface area contributed by atoms with E-state index in [-0.39, 0.29) is 17.5 Å². The second-order valence-corrected chi connectivity index (χ2v) is 8.34. The minimum absolute atomic E-state index is 0.0323. The van der Waals surface area contributed by atoms with Crippen molar-refractivity contribution in [1.82, 2.24) is 14.9 Å². The molecule has 1 aliphatic rings. The first-order valence-electron chi connectivity index (χ1n) is 10.2. The summed E-state index contributed by atoms with van der Waals surface area (Å²) < 4.78 is 4.76. The lowest BCUT2D eigenvalue weighted by Gasteiger charge is -2.34. The van der Waals surface area contributed by atoms with Crippen LogP contribution in [0, 0.1) is 10.1 Å². The van der Waals surface area contributed by atoms with Crippen molar-refractivity contribution in [1.29, 1.82) is 0 Å². The van der Waals surface area contributed by atoms with Gasteiger partial charge in [-0.1, -0.05) is 0 Å². The molecule has 33 heavy (non-hydrogen) atoms. The zero-order valence-corrected chi connectivity index (χ0v) is 19.0. The Morgan fingerprint density at radius 2 is 1.88 bits per heavy atom. The fourth-order valence-corrected chi connectivity index (χ4v) is 4.16. The highest BCUT2D eigenvalue weighted by atomic mass is 32.1. The molecule has 0 unspecified atom stereocenters. The number of aromatic nitrogens is 2. The van der Waals surface area contributed by atoms with Crippen molar-refractivity contribution in [2.45, 2.75) is 0 Å². The summed E-state index contributed by atoms with van der Waals surface area (Å²) in [6.45, 7) is 3.99. The molecule has 0 atom stereocenters. The number of nitrogens with zero attached hydrogens (tertiary/aromatic N) is 5. The number of hydrogen-bond acceptors (Lipinski definition) is 11. The predicted octanol–water partition coefficient (Wildman–Crippen LogP) is 3.47. The molecule has 1 fully saturated rings. The smallest absolute Gasteiger partial charge is 0.350 e. The maximum Gasteiger partial charge on any atom is 0.350 e. The summed E-state index contributed by atoms with van der Waals surface area (Å²) in [7, 11) is 3.39. The van der Waals surface area contributed by atoms with E-state index in [1.807, 2.05) is 24.3 Å². The number of nitrogens with one attached hydrogen (secondary N) is 2. The van der Waals surface area contributed by atoms with Crippen LogP contribution in [0.4, 0.5) is 34.5 Å². The van der Waals surface area contributed by atoms with E-state index in [1.54, 1.807) is 11.4 Å². The number of ether oxygens (including phenoxy) is 1. The summed E-state index contributed by atoms with van der Waals surface area (Å²) in [5, 5.41) is 19.1. The van der Waals surface area contributed by atoms with Gasteiger partial charge in [-0.15, -0.1) is 11.3 Å². The van der Waals surface area contributed by atoms with Crippen molar-refractivity contribution in [3.8, 4) is 0 Å². The molecule has 3 heterocycles. The van der Waals surface area contributed by atoms with Gasteiger partial charge in [0.05, 0.1) is 17.7 Å². The standard InChI is InChI=1S/C21H23N7O4S/c1-26-8-10-27(11-9-26)15-5-3-14(4-6-15)23-21-22-13-17(28(30)31)19(25-21)24-16-7-12-33-18(16)20(29)32-2/h3-7,12-13H,8-11H2,1-2H3,(H2,22,23,24,25). The maximum absolute atomic E-state index is 11.9. The van der Waals surface area contributed by atoms with Crippen LogP contribution < -0.4 is 15.5 Å². The van der Waals surface area contributed by atoms with E-state index in [2.05, 4.69) is 37.4 Å². The number of carbonyl (C=O) groups excluding carboxylic acids is 1. The molecule has 0 amide bonds. The van der Waals surface area contributed by atoms with Crippen molar-refractivity contribution < 1.29 is 14.5 Å². The molecular weight excluding hydrogens is 446 g/mol. The minimum atomic E-state index is -0.582. The Hall–Kier alpha value is -3.77. The van der Waals surface area contributed by atoms with Gasteiger partial charge in [0.15, 0.2) is 0 Å². The third kappa shape index (κ3) is 5.18. The molecule has 0 bridgehead atoms. The highest BCUT2D eigenvalue weighted by Crippen LogP contribution is 2.31. The third-order valence-corrected chi connectivity index (χ3v) is 6.14. The average molecular weight is 470 g/mol. The lowest BCUT2D eigenvalue weighted by Crippen LogP contribution is -2.44. The molecular formula is C21H23N7O4S. The van der Waals surface area contributed by atoms with Crippen LogP contribution in [-0.4, -0.2) is 66.1 Å². The number of nitro groups is 1. The van der Waals surface area contributed by atoms with E-state index in [1.165, 1.54) is 7.11 Å². The quantitative estimate of drug-likeness (QED) is 0.302. The number of carbonyl (C=O) groups is 1. The van der Waals surface area contributed by atoms with Crippen molar-refractivity contribution in [3.63, 3.8) is 0 Å². The Bertz CT molecular complexity index is 1140. The number of likely N-dealkylation sites (N-methyl/N-ethyl adjacent to an activating group) is 1. The predicted molar refractivity (Wildman–Crippen MR) is 127 cm³/mol. The molecule has 1 saturated heterocycles. The van der Waals surface area contributed by atoms with Gasteiger partial charge in [0.1, 0.15) is 11.1 Å². The van der Waals surface area contributed by atoms with E-state index in [0.717, 1.165) is 55.1 Å². The van der Waals surface area contributed by atoms with Crippen LogP contribution in [0.5, 0.6) is 0 Å². The summed E-state index contributed by atoms with van der Waals surface area (Å²) >= 11 is 1.16. The molecule has 0 aliphatic carbocycles. The molecule has 172 valence electrons. The number of anilines is 5. The number of piperazine rings is 1. The lowest BCUT2D eigenvalue weighted by atomic mass is 10.2. The number of rotatable bonds is 7. The summed E-state index contributed by atoms with van der Waals surface area (Å²) in [4.78, 5) is 36.1. The summed E-state index contributed by atoms with van der Waals surface area (Å²) in [6.07, 6.45) is 1.13. The Morgan fingerprint density at radius 1 is 1.15 bits per heavy atom. The summed E-state index contributed by atoms with van der Waals surface area (Å²) in [6, 6.07) is 9.50. The van der Waals surface area contributed by atoms with Gasteiger partial charge in [0.25, 0.3) is 0 Å². The number of thiophene rings is 1. The van der Waals surface area contributed by atoms with Gasteiger partial charge in [-0.25, -0.2) is 9.78 Å². The average Bonchev–Trinajstić information content (AvgIpc) is 3.28. The van der Waals surface area contributed by atoms with Crippen LogP contribution in [0.1, 0.15) is 9.67 Å². The molecule has 2 aromatic heterocycles. The summed E-state index contributed by atoms with van der Waals surface area (Å²) in [5.41, 5.74) is 1.94. The van der Waals surface area contributed by atoms with Crippen LogP contribution in [0.25, 0.3) is 0 Å². The van der Waals surface area contributed by atoms with Gasteiger partial charge in [0.2, 0.25) is 11.8 Å². The highest BCUT2D eigenvalue weighted by molar-refractivity contribution is 7.12. The highest BCUT2D eigenvalue weighted by Gasteiger charge is 2.21. The van der Waals surface area contributed by atoms with E-state index < -0.39 is 10.9 Å². The number of esters is 1. The van der Waals surface area contributed by atoms with Crippen molar-refractivity contribution in [2.24, 2.45) is 0 Å². The first-order chi connectivity index (χ1) is 15.9. The second kappa shape index (κ2) is 9.79. The second-order valence-electron chi connectivity index (χ2n) is 7.43. The third-order valence-electron chi connectivity index (χ3n) is 5.25. The van der Waals surface area contributed by atoms with Gasteiger partial charge >= 0.3 is 11.7 Å². The number of methoxy groups -OCH3 is 1. The van der Waals surface area contributed by atoms with Gasteiger partial charge in [-0.2, -0.15) is 4.98 Å². The number of benzene rings is 1. The fourth-order valence-electron chi connectivity index (χ4n) is 3.40. The fraction of sp³-hybridized carbons (Fsp3) is 0.286. The van der Waals surface area contributed by atoms with Crippen molar-refractivity contribution in [3.05, 3.63) is 56.9 Å². The monoisotopic (exact) mass is 469 g/mol. The minimum Gasteiger partial charge on any atom is -0.465 e. The van der Waals surface area contributed by atoms with Crippen LogP contribution in [0.2, 0.25) is 0 Å². The van der Waals surface area contributed by atoms with Crippen LogP contribution in [0.15, 0.2) is 41.9 Å². The van der Waals surface area contributed by atoms with E-state index >= 15 is 0 Å². The molecule has 12 heteroatoms. The van der Waals surface area contributed by atoms with E-state index in [9.17, 15) is 14.9 Å². The Balaban J connectivity index is 1.52. The van der Waals surface area contributed by atoms with Crippen LogP contribution in [0.3, 0.4) is 0 Å². The maximum atomic E-state index is 11.9. The largest absolute Gasteiger partial charge is 0.465 e. The molecule has 0 saturated carbocycles. The van der Waals surface area contributed by atoms with Crippen molar-refractivity contribution in [2.75, 3.05) is 55.9 Å². The summed E-state index contributed by atoms with van der Waals surface area (Å²) in [5.74, 6) is -0.386. The molecule has 3 aromatic rings. The van der Waals surface area contributed by atoms with Crippen LogP contribution >= 0.6 is 11.3 Å². The van der Waals surface area contributed by atoms with E-state index in [0.29, 0.717) is 10.6 Å². The van der Waals surface area contributed by atoms with Gasteiger partial charge in [0, 0.05) is 37.6 Å². The number of hydrogen-bond donors (Lipinski definition) is 2. The van der Waals surface area contributed by atoms with Crippen LogP contribution in [-0.2, 0) is 4.74 Å². The Kier molecular flexibility index (Phi) is 6.66. The SMILES string of the molecule is COC(=O)c1sccc1Nc1nc(Nc2ccc(N3CCN(C)CC3)cc2)ncc1[N+](=O)[O-]. The topological polar surface area (TPSA) is 126 Å². The van der Waals surface area contributed by atoms with Gasteiger partial charge in [-0.3, -0.25) is 10.1 Å². The first-order valence-corrected chi connectivity index (χ1v) is 11.1. The molecule has 0 radical (unpaired) electrons. The molecule has 0 spiro atoms. The van der Waals surface area contributed by atoms with E-state index in [4.69, 9.17) is 4.74 Å². The molecule has 4 rings (SSSR count). The van der Waals surface area contributed by atoms with Gasteiger partial charge < -0.3 is 25.2 Å². The normalized spacial score (nSPS) is 14.1. The zero-order chi connectivity index (χ0) is 23.4. The Labute approximate surface area is 194 Å². The zero-order valence-electron chi connectivity index (χ0n) is 18.1. The van der Waals surface area contributed by atoms with Gasteiger partial charge in [-0.05, 0) is 42.8 Å². The van der Waals surface area contributed by atoms with Crippen molar-refractivity contribution >= 4 is 51.8 Å². The molecule has 2 N–H and O–H groups in total. The molecule has 11 nitrogen and oxygen atoms in total. The molecule has 1 aromatic carbocycles.